The summed E-state index contributed by atoms with van der Waals surface area (Å²) in [5.74, 6) is -0.798. The summed E-state index contributed by atoms with van der Waals surface area (Å²) >= 11 is 1.09. The van der Waals surface area contributed by atoms with Crippen LogP contribution in [0, 0.1) is 6.92 Å². The second kappa shape index (κ2) is 8.71. The largest absolute Gasteiger partial charge is 0.462 e. The highest BCUT2D eigenvalue weighted by Crippen LogP contribution is 2.30. The average Bonchev–Trinajstić information content (AvgIpc) is 3.11. The fourth-order valence-corrected chi connectivity index (χ4v) is 6.02. The Hall–Kier alpha value is -3.05. The maximum atomic E-state index is 13.0. The SMILES string of the molecule is CCOC(=O)c1sc2ncn(CC(=O)c3ccc4c(c3)CCCN4S(C)(=O)=O)c(=O)c2c1C. The van der Waals surface area contributed by atoms with Gasteiger partial charge in [-0.25, -0.2) is 18.2 Å². The number of fused-ring (bicyclic) bond motifs is 2. The van der Waals surface area contributed by atoms with E-state index in [0.717, 1.165) is 23.2 Å². The highest BCUT2D eigenvalue weighted by atomic mass is 32.2. The maximum Gasteiger partial charge on any atom is 0.348 e. The molecule has 0 bridgehead atoms. The molecule has 1 aliphatic heterocycles. The molecule has 0 N–H and O–H groups in total. The summed E-state index contributed by atoms with van der Waals surface area (Å²) in [4.78, 5) is 43.2. The van der Waals surface area contributed by atoms with E-state index in [4.69, 9.17) is 4.74 Å². The van der Waals surface area contributed by atoms with Gasteiger partial charge in [-0.15, -0.1) is 11.3 Å². The van der Waals surface area contributed by atoms with E-state index >= 15 is 0 Å². The van der Waals surface area contributed by atoms with Crippen LogP contribution in [-0.4, -0.2) is 49.1 Å². The van der Waals surface area contributed by atoms with Crippen LogP contribution in [0.1, 0.15) is 44.5 Å². The Morgan fingerprint density at radius 2 is 2.03 bits per heavy atom. The van der Waals surface area contributed by atoms with Gasteiger partial charge in [-0.3, -0.25) is 18.5 Å². The van der Waals surface area contributed by atoms with Crippen LogP contribution in [0.2, 0.25) is 0 Å². The first-order valence-corrected chi connectivity index (χ1v) is 13.1. The molecule has 1 aliphatic rings. The number of nitrogens with zero attached hydrogens (tertiary/aromatic N) is 3. The molecule has 3 heterocycles. The average molecular weight is 490 g/mol. The molecule has 3 aromatic rings. The second-order valence-electron chi connectivity index (χ2n) is 7.84. The van der Waals surface area contributed by atoms with Crippen molar-refractivity contribution in [1.29, 1.82) is 0 Å². The molecule has 0 spiro atoms. The topological polar surface area (TPSA) is 116 Å². The molecule has 174 valence electrons. The molecule has 0 saturated heterocycles. The van der Waals surface area contributed by atoms with Crippen molar-refractivity contribution in [2.24, 2.45) is 0 Å². The van der Waals surface area contributed by atoms with Gasteiger partial charge in [0.1, 0.15) is 9.71 Å². The molecule has 0 amide bonds. The van der Waals surface area contributed by atoms with E-state index in [1.165, 1.54) is 15.2 Å². The first kappa shape index (κ1) is 23.1. The van der Waals surface area contributed by atoms with E-state index < -0.39 is 21.6 Å². The lowest BCUT2D eigenvalue weighted by molar-refractivity contribution is 0.0531. The zero-order valence-corrected chi connectivity index (χ0v) is 20.1. The molecule has 4 rings (SSSR count). The lowest BCUT2D eigenvalue weighted by Crippen LogP contribution is -2.34. The van der Waals surface area contributed by atoms with Crippen LogP contribution >= 0.6 is 11.3 Å². The quantitative estimate of drug-likeness (QED) is 0.386. The molecule has 2 aromatic heterocycles. The molecule has 1 aromatic carbocycles. The fraction of sp³-hybridized carbons (Fsp3) is 0.364. The molecular formula is C22H23N3O6S2. The third-order valence-corrected chi connectivity index (χ3v) is 7.93. The molecule has 0 unspecified atom stereocenters. The minimum absolute atomic E-state index is 0.222. The summed E-state index contributed by atoms with van der Waals surface area (Å²) in [6.07, 6.45) is 3.80. The van der Waals surface area contributed by atoms with Gasteiger partial charge in [0.2, 0.25) is 10.0 Å². The number of hydrogen-bond acceptors (Lipinski definition) is 8. The molecule has 9 nitrogen and oxygen atoms in total. The Morgan fingerprint density at radius 3 is 2.73 bits per heavy atom. The van der Waals surface area contributed by atoms with Gasteiger partial charge in [0.05, 0.1) is 36.8 Å². The number of esters is 1. The molecule has 33 heavy (non-hydrogen) atoms. The van der Waals surface area contributed by atoms with E-state index in [1.54, 1.807) is 32.0 Å². The van der Waals surface area contributed by atoms with Gasteiger partial charge < -0.3 is 4.74 Å². The van der Waals surface area contributed by atoms with E-state index in [0.29, 0.717) is 51.3 Å². The fourth-order valence-electron chi connectivity index (χ4n) is 3.99. The molecule has 11 heteroatoms. The number of rotatable bonds is 6. The number of ketones is 1. The minimum Gasteiger partial charge on any atom is -0.462 e. The van der Waals surface area contributed by atoms with Gasteiger partial charge in [0.25, 0.3) is 5.56 Å². The predicted octanol–water partition coefficient (Wildman–Crippen LogP) is 2.54. The van der Waals surface area contributed by atoms with Crippen molar-refractivity contribution in [3.63, 3.8) is 0 Å². The molecule has 0 radical (unpaired) electrons. The Balaban J connectivity index is 1.65. The first-order chi connectivity index (χ1) is 15.6. The minimum atomic E-state index is -3.40. The van der Waals surface area contributed by atoms with E-state index in [1.807, 2.05) is 0 Å². The van der Waals surface area contributed by atoms with Crippen LogP contribution in [0.15, 0.2) is 29.3 Å². The van der Waals surface area contributed by atoms with Crippen LogP contribution < -0.4 is 9.86 Å². The van der Waals surface area contributed by atoms with Crippen LogP contribution in [0.25, 0.3) is 10.2 Å². The number of carbonyl (C=O) groups is 2. The Bertz CT molecular complexity index is 1440. The van der Waals surface area contributed by atoms with Crippen molar-refractivity contribution >= 4 is 49.0 Å². The lowest BCUT2D eigenvalue weighted by Gasteiger charge is -2.29. The monoisotopic (exact) mass is 489 g/mol. The van der Waals surface area contributed by atoms with Gasteiger partial charge in [0.15, 0.2) is 5.78 Å². The number of thiophene rings is 1. The highest BCUT2D eigenvalue weighted by molar-refractivity contribution is 7.92. The van der Waals surface area contributed by atoms with E-state index in [9.17, 15) is 22.8 Å². The third-order valence-electron chi connectivity index (χ3n) is 5.57. The standard InChI is InChI=1S/C22H23N3O6S2/c1-4-31-22(28)19-13(2)18-20(32-19)23-12-24(21(18)27)11-17(26)15-7-8-16-14(10-15)6-5-9-25(16)33(3,29)30/h7-8,10,12H,4-6,9,11H2,1-3H3. The van der Waals surface area contributed by atoms with Crippen molar-refractivity contribution < 1.29 is 22.7 Å². The number of Topliss-reactive ketones (excluding diaryl/α,β-unsaturated/α-hetero) is 1. The molecule has 0 fully saturated rings. The number of sulfonamides is 1. The molecular weight excluding hydrogens is 466 g/mol. The molecule has 0 saturated carbocycles. The van der Waals surface area contributed by atoms with Gasteiger partial charge in [-0.05, 0) is 56.0 Å². The third kappa shape index (κ3) is 4.30. The number of ether oxygens (including phenoxy) is 1. The van der Waals surface area contributed by atoms with Crippen LogP contribution in [0.3, 0.4) is 0 Å². The van der Waals surface area contributed by atoms with Crippen LogP contribution in [-0.2, 0) is 27.7 Å². The zero-order valence-electron chi connectivity index (χ0n) is 18.5. The summed E-state index contributed by atoms with van der Waals surface area (Å²) in [6.45, 7) is 3.78. The summed E-state index contributed by atoms with van der Waals surface area (Å²) < 4.78 is 31.7. The number of aromatic nitrogens is 2. The van der Waals surface area contributed by atoms with Gasteiger partial charge in [0, 0.05) is 12.1 Å². The van der Waals surface area contributed by atoms with Crippen LogP contribution in [0.5, 0.6) is 0 Å². The highest BCUT2D eigenvalue weighted by Gasteiger charge is 2.25. The summed E-state index contributed by atoms with van der Waals surface area (Å²) in [5.41, 5.74) is 1.85. The summed E-state index contributed by atoms with van der Waals surface area (Å²) in [5, 5.41) is 0.299. The van der Waals surface area contributed by atoms with Crippen molar-refractivity contribution in [1.82, 2.24) is 9.55 Å². The summed E-state index contributed by atoms with van der Waals surface area (Å²) in [6, 6.07) is 4.92. The van der Waals surface area contributed by atoms with Gasteiger partial charge in [-0.2, -0.15) is 0 Å². The normalized spacial score (nSPS) is 13.7. The summed E-state index contributed by atoms with van der Waals surface area (Å²) in [7, 11) is -3.40. The number of carbonyl (C=O) groups excluding carboxylic acids is 2. The smallest absolute Gasteiger partial charge is 0.348 e. The second-order valence-corrected chi connectivity index (χ2v) is 10.7. The Labute approximate surface area is 194 Å². The number of aryl methyl sites for hydroxylation is 2. The van der Waals surface area contributed by atoms with E-state index in [-0.39, 0.29) is 18.9 Å². The van der Waals surface area contributed by atoms with Crippen molar-refractivity contribution in [3.05, 3.63) is 56.4 Å². The number of benzene rings is 1. The van der Waals surface area contributed by atoms with Crippen molar-refractivity contribution in [2.75, 3.05) is 23.7 Å². The first-order valence-electron chi connectivity index (χ1n) is 10.4. The van der Waals surface area contributed by atoms with E-state index in [2.05, 4.69) is 4.98 Å². The Morgan fingerprint density at radius 1 is 1.27 bits per heavy atom. The van der Waals surface area contributed by atoms with Crippen molar-refractivity contribution in [3.8, 4) is 0 Å². The number of hydrogen-bond donors (Lipinski definition) is 0. The van der Waals surface area contributed by atoms with Gasteiger partial charge >= 0.3 is 5.97 Å². The maximum absolute atomic E-state index is 13.0. The lowest BCUT2D eigenvalue weighted by atomic mass is 9.99. The van der Waals surface area contributed by atoms with Gasteiger partial charge in [-0.1, -0.05) is 0 Å². The number of anilines is 1. The molecule has 0 atom stereocenters. The Kier molecular flexibility index (Phi) is 6.10. The van der Waals surface area contributed by atoms with Crippen LogP contribution in [0.4, 0.5) is 5.69 Å². The van der Waals surface area contributed by atoms with Crippen molar-refractivity contribution in [2.45, 2.75) is 33.2 Å². The molecule has 0 aliphatic carbocycles. The predicted molar refractivity (Wildman–Crippen MR) is 126 cm³/mol. The zero-order chi connectivity index (χ0) is 23.9.